The van der Waals surface area contributed by atoms with Gasteiger partial charge in [-0.3, -0.25) is 0 Å². The van der Waals surface area contributed by atoms with Gasteiger partial charge in [-0.25, -0.2) is 0 Å². The second-order valence-electron chi connectivity index (χ2n) is 7.01. The van der Waals surface area contributed by atoms with Crippen molar-refractivity contribution in [2.75, 3.05) is 0 Å². The van der Waals surface area contributed by atoms with Gasteiger partial charge in [-0.15, -0.1) is 0 Å². The van der Waals surface area contributed by atoms with Gasteiger partial charge in [-0.2, -0.15) is 8.78 Å². The van der Waals surface area contributed by atoms with Crippen LogP contribution >= 0.6 is 0 Å². The highest BCUT2D eigenvalue weighted by atomic mass is 19.3. The lowest BCUT2D eigenvalue weighted by molar-refractivity contribution is -0.223. The molecule has 0 atom stereocenters. The summed E-state index contributed by atoms with van der Waals surface area (Å²) in [5, 5.41) is 0. The summed E-state index contributed by atoms with van der Waals surface area (Å²) in [6.07, 6.45) is -0.303. The highest BCUT2D eigenvalue weighted by Crippen LogP contribution is 2.40. The average molecular weight is 330 g/mol. The van der Waals surface area contributed by atoms with Crippen molar-refractivity contribution in [2.45, 2.75) is 45.6 Å². The maximum atomic E-state index is 14.4. The van der Waals surface area contributed by atoms with Crippen LogP contribution in [-0.4, -0.2) is 6.11 Å². The standard InChI is InChI=1S/C21H24F2O/c1-15-3-7-17(8-4-15)18-9-13-20(14-10-18)24-21(22,23)19-11-5-16(2)6-12-19/h3-4,7-10,13-14,16,19H,5-6,11-12H2,1-2H3. The van der Waals surface area contributed by atoms with E-state index in [9.17, 15) is 8.78 Å². The highest BCUT2D eigenvalue weighted by Gasteiger charge is 2.43. The second kappa shape index (κ2) is 6.92. The van der Waals surface area contributed by atoms with Crippen LogP contribution in [0.4, 0.5) is 8.78 Å². The van der Waals surface area contributed by atoms with Crippen molar-refractivity contribution in [1.29, 1.82) is 0 Å². The van der Waals surface area contributed by atoms with Crippen LogP contribution in [0.3, 0.4) is 0 Å². The van der Waals surface area contributed by atoms with Crippen molar-refractivity contribution in [3.8, 4) is 16.9 Å². The Morgan fingerprint density at radius 2 is 1.33 bits per heavy atom. The van der Waals surface area contributed by atoms with E-state index in [1.807, 2.05) is 43.3 Å². The molecule has 0 saturated heterocycles. The minimum absolute atomic E-state index is 0.231. The predicted octanol–water partition coefficient (Wildman–Crippen LogP) is 6.46. The molecule has 1 saturated carbocycles. The summed E-state index contributed by atoms with van der Waals surface area (Å²) in [6, 6.07) is 15.1. The molecule has 0 amide bonds. The molecule has 1 aliphatic carbocycles. The highest BCUT2D eigenvalue weighted by molar-refractivity contribution is 5.64. The Kier molecular flexibility index (Phi) is 4.88. The number of hydrogen-bond donors (Lipinski definition) is 0. The molecule has 1 nitrogen and oxygen atoms in total. The Hall–Kier alpha value is -1.90. The van der Waals surface area contributed by atoms with Crippen LogP contribution < -0.4 is 4.74 Å². The summed E-state index contributed by atoms with van der Waals surface area (Å²) in [5.74, 6) is 0.103. The van der Waals surface area contributed by atoms with E-state index in [1.165, 1.54) is 5.56 Å². The van der Waals surface area contributed by atoms with Crippen LogP contribution in [0.5, 0.6) is 5.75 Å². The maximum Gasteiger partial charge on any atom is 0.400 e. The van der Waals surface area contributed by atoms with Crippen molar-refractivity contribution in [3.05, 3.63) is 54.1 Å². The zero-order valence-corrected chi connectivity index (χ0v) is 14.3. The molecule has 1 fully saturated rings. The fourth-order valence-electron chi connectivity index (χ4n) is 3.30. The molecule has 24 heavy (non-hydrogen) atoms. The van der Waals surface area contributed by atoms with Gasteiger partial charge in [0.15, 0.2) is 0 Å². The Morgan fingerprint density at radius 3 is 1.88 bits per heavy atom. The summed E-state index contributed by atoms with van der Waals surface area (Å²) >= 11 is 0. The van der Waals surface area contributed by atoms with Gasteiger partial charge in [0.05, 0.1) is 5.92 Å². The van der Waals surface area contributed by atoms with Gasteiger partial charge in [0.2, 0.25) is 0 Å². The molecule has 2 aromatic rings. The molecular formula is C21H24F2O. The molecule has 3 heteroatoms. The number of rotatable bonds is 4. The number of halogens is 2. The van der Waals surface area contributed by atoms with Crippen molar-refractivity contribution < 1.29 is 13.5 Å². The molecule has 0 unspecified atom stereocenters. The number of alkyl halides is 2. The molecule has 3 rings (SSSR count). The van der Waals surface area contributed by atoms with Gasteiger partial charge >= 0.3 is 6.11 Å². The first-order valence-corrected chi connectivity index (χ1v) is 8.68. The molecule has 0 aliphatic heterocycles. The Labute approximate surface area is 142 Å². The van der Waals surface area contributed by atoms with E-state index in [1.54, 1.807) is 12.1 Å². The molecule has 0 aromatic heterocycles. The molecule has 0 heterocycles. The van der Waals surface area contributed by atoms with Crippen molar-refractivity contribution >= 4 is 0 Å². The van der Waals surface area contributed by atoms with E-state index in [4.69, 9.17) is 4.74 Å². The van der Waals surface area contributed by atoms with Crippen LogP contribution in [0.1, 0.15) is 38.2 Å². The molecule has 2 aromatic carbocycles. The van der Waals surface area contributed by atoms with Crippen molar-refractivity contribution in [1.82, 2.24) is 0 Å². The predicted molar refractivity (Wildman–Crippen MR) is 93.3 cm³/mol. The zero-order valence-electron chi connectivity index (χ0n) is 14.3. The average Bonchev–Trinajstić information content (AvgIpc) is 2.56. The first kappa shape index (κ1) is 16.9. The maximum absolute atomic E-state index is 14.4. The molecule has 0 spiro atoms. The van der Waals surface area contributed by atoms with Crippen LogP contribution in [0.2, 0.25) is 0 Å². The van der Waals surface area contributed by atoms with Gasteiger partial charge in [0, 0.05) is 0 Å². The molecule has 128 valence electrons. The van der Waals surface area contributed by atoms with Gasteiger partial charge in [-0.05, 0) is 48.9 Å². The molecule has 0 radical (unpaired) electrons. The van der Waals surface area contributed by atoms with Crippen LogP contribution in [0.25, 0.3) is 11.1 Å². The Bertz CT molecular complexity index is 653. The molecule has 0 bridgehead atoms. The third-order valence-corrected chi connectivity index (χ3v) is 4.98. The minimum Gasteiger partial charge on any atom is -0.432 e. The smallest absolute Gasteiger partial charge is 0.400 e. The summed E-state index contributed by atoms with van der Waals surface area (Å²) in [5.41, 5.74) is 3.26. The van der Waals surface area contributed by atoms with E-state index in [-0.39, 0.29) is 5.75 Å². The van der Waals surface area contributed by atoms with Gasteiger partial charge in [-0.1, -0.05) is 61.7 Å². The van der Waals surface area contributed by atoms with Crippen molar-refractivity contribution in [2.24, 2.45) is 11.8 Å². The van der Waals surface area contributed by atoms with Crippen LogP contribution in [-0.2, 0) is 0 Å². The van der Waals surface area contributed by atoms with E-state index in [0.29, 0.717) is 18.8 Å². The lowest BCUT2D eigenvalue weighted by Crippen LogP contribution is -2.36. The van der Waals surface area contributed by atoms with Crippen LogP contribution in [0.15, 0.2) is 48.5 Å². The fraction of sp³-hybridized carbons (Fsp3) is 0.429. The molecule has 1 aliphatic rings. The normalized spacial score (nSPS) is 21.5. The SMILES string of the molecule is Cc1ccc(-c2ccc(OC(F)(F)C3CCC(C)CC3)cc2)cc1. The summed E-state index contributed by atoms with van der Waals surface area (Å²) in [6.45, 7) is 4.16. The third-order valence-electron chi connectivity index (χ3n) is 4.98. The lowest BCUT2D eigenvalue weighted by Gasteiger charge is -2.32. The monoisotopic (exact) mass is 330 g/mol. The van der Waals surface area contributed by atoms with E-state index in [2.05, 4.69) is 6.92 Å². The number of ether oxygens (including phenoxy) is 1. The first-order valence-electron chi connectivity index (χ1n) is 8.68. The lowest BCUT2D eigenvalue weighted by atomic mass is 9.82. The summed E-state index contributed by atoms with van der Waals surface area (Å²) < 4.78 is 33.8. The molecular weight excluding hydrogens is 306 g/mol. The van der Waals surface area contributed by atoms with E-state index >= 15 is 0 Å². The Morgan fingerprint density at radius 1 is 0.833 bits per heavy atom. The van der Waals surface area contributed by atoms with E-state index in [0.717, 1.165) is 24.0 Å². The first-order chi connectivity index (χ1) is 11.4. The Balaban J connectivity index is 1.68. The van der Waals surface area contributed by atoms with Gasteiger partial charge < -0.3 is 4.74 Å². The topological polar surface area (TPSA) is 9.23 Å². The van der Waals surface area contributed by atoms with Crippen molar-refractivity contribution in [3.63, 3.8) is 0 Å². The number of hydrogen-bond acceptors (Lipinski definition) is 1. The fourth-order valence-corrected chi connectivity index (χ4v) is 3.30. The summed E-state index contributed by atoms with van der Waals surface area (Å²) in [4.78, 5) is 0. The quantitative estimate of drug-likeness (QED) is 0.625. The summed E-state index contributed by atoms with van der Waals surface area (Å²) in [7, 11) is 0. The van der Waals surface area contributed by atoms with Gasteiger partial charge in [0.1, 0.15) is 5.75 Å². The number of benzene rings is 2. The van der Waals surface area contributed by atoms with E-state index < -0.39 is 12.0 Å². The number of aryl methyl sites for hydroxylation is 1. The zero-order chi connectivity index (χ0) is 17.2. The third kappa shape index (κ3) is 3.95. The second-order valence-corrected chi connectivity index (χ2v) is 7.01. The van der Waals surface area contributed by atoms with Gasteiger partial charge in [0.25, 0.3) is 0 Å². The minimum atomic E-state index is -3.09. The van der Waals surface area contributed by atoms with Crippen LogP contribution in [0, 0.1) is 18.8 Å². The molecule has 0 N–H and O–H groups in total. The largest absolute Gasteiger partial charge is 0.432 e.